The number of piperidine rings is 1. The Bertz CT molecular complexity index is 605. The number of likely N-dealkylation sites (tertiary alicyclic amines) is 1. The number of carbonyl (C=O) groups excluding carboxylic acids is 1. The first-order valence-electron chi connectivity index (χ1n) is 11.8. The average molecular weight is 439 g/mol. The minimum absolute atomic E-state index is 0. The topological polar surface area (TPSA) is 52.0 Å². The van der Waals surface area contributed by atoms with Crippen LogP contribution in [0.3, 0.4) is 0 Å². The lowest BCUT2D eigenvalue weighted by atomic mass is 9.90. The zero-order chi connectivity index (χ0) is 20.3. The van der Waals surface area contributed by atoms with Gasteiger partial charge in [-0.25, -0.2) is 4.79 Å². The first kappa shape index (κ1) is 24.8. The summed E-state index contributed by atoms with van der Waals surface area (Å²) in [6.07, 6.45) is 13.0. The molecule has 1 saturated carbocycles. The van der Waals surface area contributed by atoms with Crippen molar-refractivity contribution in [2.24, 2.45) is 0 Å². The minimum Gasteiger partial charge on any atom is -1.00 e. The number of rotatable bonds is 9. The van der Waals surface area contributed by atoms with Crippen LogP contribution in [0.25, 0.3) is 0 Å². The summed E-state index contributed by atoms with van der Waals surface area (Å²) in [5, 5.41) is 2.90. The maximum atomic E-state index is 12.5. The summed E-state index contributed by atoms with van der Waals surface area (Å²) in [5.41, 5.74) is 0.756. The third-order valence-electron chi connectivity index (χ3n) is 6.35. The number of hydrogen-bond donors (Lipinski definition) is 2. The zero-order valence-electron chi connectivity index (χ0n) is 18.5. The summed E-state index contributed by atoms with van der Waals surface area (Å²) in [5.74, 6) is 0.849. The number of carbonyl (C=O) groups is 1. The Labute approximate surface area is 188 Å². The molecule has 1 amide bonds. The molecular formula is C24H39ClN2O3. The van der Waals surface area contributed by atoms with Crippen LogP contribution >= 0.6 is 0 Å². The van der Waals surface area contributed by atoms with E-state index < -0.39 is 0 Å². The number of nitrogens with one attached hydrogen (secondary N) is 2. The van der Waals surface area contributed by atoms with Gasteiger partial charge in [0.1, 0.15) is 11.8 Å². The van der Waals surface area contributed by atoms with Gasteiger partial charge in [0.2, 0.25) is 0 Å². The van der Waals surface area contributed by atoms with Crippen molar-refractivity contribution >= 4 is 11.8 Å². The highest BCUT2D eigenvalue weighted by atomic mass is 35.5. The molecule has 0 bridgehead atoms. The molecule has 1 aliphatic carbocycles. The fourth-order valence-electron chi connectivity index (χ4n) is 4.72. The lowest BCUT2D eigenvalue weighted by Crippen LogP contribution is -3.17. The normalized spacial score (nSPS) is 22.0. The van der Waals surface area contributed by atoms with Gasteiger partial charge in [0.05, 0.1) is 19.7 Å². The number of quaternary nitrogens is 1. The molecule has 6 heteroatoms. The van der Waals surface area contributed by atoms with Gasteiger partial charge in [-0.2, -0.15) is 0 Å². The van der Waals surface area contributed by atoms with Crippen LogP contribution in [-0.2, 0) is 4.74 Å². The van der Waals surface area contributed by atoms with E-state index in [0.29, 0.717) is 6.04 Å². The molecule has 2 fully saturated rings. The number of benzene rings is 1. The quantitative estimate of drug-likeness (QED) is 0.575. The van der Waals surface area contributed by atoms with Crippen molar-refractivity contribution < 1.29 is 31.6 Å². The molecule has 2 N–H and O–H groups in total. The molecule has 1 aliphatic heterocycles. The average Bonchev–Trinajstić information content (AvgIpc) is 2.76. The molecule has 0 spiro atoms. The number of amides is 1. The Morgan fingerprint density at radius 3 is 2.47 bits per heavy atom. The Kier molecular flexibility index (Phi) is 11.4. The smallest absolute Gasteiger partial charge is 0.412 e. The number of anilines is 1. The van der Waals surface area contributed by atoms with E-state index in [1.807, 2.05) is 24.3 Å². The van der Waals surface area contributed by atoms with Gasteiger partial charge in [0.15, 0.2) is 6.10 Å². The van der Waals surface area contributed by atoms with Crippen LogP contribution < -0.4 is 27.4 Å². The van der Waals surface area contributed by atoms with Crippen molar-refractivity contribution in [1.82, 2.24) is 0 Å². The molecule has 1 heterocycles. The maximum absolute atomic E-state index is 12.5. The van der Waals surface area contributed by atoms with Crippen molar-refractivity contribution in [1.29, 1.82) is 0 Å². The minimum atomic E-state index is -0.327. The van der Waals surface area contributed by atoms with Crippen LogP contribution in [-0.4, -0.2) is 37.9 Å². The molecule has 1 saturated heterocycles. The summed E-state index contributed by atoms with van der Waals surface area (Å²) in [6, 6.07) is 8.07. The van der Waals surface area contributed by atoms with Crippen LogP contribution in [0.5, 0.6) is 5.75 Å². The highest BCUT2D eigenvalue weighted by molar-refractivity contribution is 5.84. The van der Waals surface area contributed by atoms with Crippen LogP contribution in [0.4, 0.5) is 10.5 Å². The number of unbranched alkanes of at least 4 members (excludes halogenated alkanes) is 3. The predicted molar refractivity (Wildman–Crippen MR) is 117 cm³/mol. The Hall–Kier alpha value is -1.46. The number of ether oxygens (including phenoxy) is 2. The molecule has 5 nitrogen and oxygen atoms in total. The second-order valence-corrected chi connectivity index (χ2v) is 8.61. The standard InChI is InChI=1S/C24H38N2O3.ClH/c1-2-3-4-10-19-28-21-15-13-20(14-16-21)25-24(27)29-23-12-7-6-11-22(23)26-17-8-5-9-18-26;/h13-16,22-23H,2-12,17-19H2,1H3,(H,25,27);1H/t22-,23-;/m0./s1. The fourth-order valence-corrected chi connectivity index (χ4v) is 4.72. The molecule has 0 aromatic heterocycles. The molecule has 30 heavy (non-hydrogen) atoms. The SMILES string of the molecule is CCCCCCOc1ccc(NC(=O)O[C@H]2CCCC[C@@H]2[NH+]2CCCCC2)cc1.[Cl-]. The monoisotopic (exact) mass is 438 g/mol. The third kappa shape index (κ3) is 7.99. The van der Waals surface area contributed by atoms with E-state index in [1.54, 1.807) is 4.90 Å². The van der Waals surface area contributed by atoms with Gasteiger partial charge in [-0.3, -0.25) is 5.32 Å². The van der Waals surface area contributed by atoms with Crippen molar-refractivity contribution in [2.45, 2.75) is 89.7 Å². The summed E-state index contributed by atoms with van der Waals surface area (Å²) < 4.78 is 11.7. The van der Waals surface area contributed by atoms with E-state index in [0.717, 1.165) is 37.3 Å². The van der Waals surface area contributed by atoms with E-state index in [4.69, 9.17) is 9.47 Å². The van der Waals surface area contributed by atoms with E-state index in [9.17, 15) is 4.79 Å². The Morgan fingerprint density at radius 2 is 1.73 bits per heavy atom. The summed E-state index contributed by atoms with van der Waals surface area (Å²) in [6.45, 7) is 5.41. The molecular weight excluding hydrogens is 400 g/mol. The highest BCUT2D eigenvalue weighted by Crippen LogP contribution is 2.22. The van der Waals surface area contributed by atoms with E-state index in [1.165, 1.54) is 64.5 Å². The molecule has 1 aromatic carbocycles. The van der Waals surface area contributed by atoms with Crippen molar-refractivity contribution in [3.8, 4) is 5.75 Å². The summed E-state index contributed by atoms with van der Waals surface area (Å²) in [4.78, 5) is 14.1. The molecule has 2 aliphatic rings. The van der Waals surface area contributed by atoms with Crippen molar-refractivity contribution in [2.75, 3.05) is 25.0 Å². The third-order valence-corrected chi connectivity index (χ3v) is 6.35. The maximum Gasteiger partial charge on any atom is 0.412 e. The summed E-state index contributed by atoms with van der Waals surface area (Å²) in [7, 11) is 0. The van der Waals surface area contributed by atoms with Crippen LogP contribution in [0.2, 0.25) is 0 Å². The molecule has 0 radical (unpaired) electrons. The van der Waals surface area contributed by atoms with Gasteiger partial charge in [0, 0.05) is 12.1 Å². The fraction of sp³-hybridized carbons (Fsp3) is 0.708. The highest BCUT2D eigenvalue weighted by Gasteiger charge is 2.36. The predicted octanol–water partition coefficient (Wildman–Crippen LogP) is 1.58. The van der Waals surface area contributed by atoms with Crippen molar-refractivity contribution in [3.63, 3.8) is 0 Å². The van der Waals surface area contributed by atoms with Crippen LogP contribution in [0.15, 0.2) is 24.3 Å². The van der Waals surface area contributed by atoms with Gasteiger partial charge >= 0.3 is 6.09 Å². The second-order valence-electron chi connectivity index (χ2n) is 8.61. The second kappa shape index (κ2) is 13.8. The van der Waals surface area contributed by atoms with Crippen LogP contribution in [0, 0.1) is 0 Å². The summed E-state index contributed by atoms with van der Waals surface area (Å²) >= 11 is 0. The van der Waals surface area contributed by atoms with Gasteiger partial charge in [-0.1, -0.05) is 26.2 Å². The van der Waals surface area contributed by atoms with Crippen LogP contribution in [0.1, 0.15) is 77.6 Å². The molecule has 1 aromatic rings. The molecule has 170 valence electrons. The molecule has 2 atom stereocenters. The zero-order valence-corrected chi connectivity index (χ0v) is 19.2. The van der Waals surface area contributed by atoms with Gasteiger partial charge < -0.3 is 26.8 Å². The number of halogens is 1. The van der Waals surface area contributed by atoms with E-state index in [2.05, 4.69) is 12.2 Å². The lowest BCUT2D eigenvalue weighted by molar-refractivity contribution is -0.934. The Balaban J connectivity index is 0.00000320. The van der Waals surface area contributed by atoms with E-state index >= 15 is 0 Å². The lowest BCUT2D eigenvalue weighted by Gasteiger charge is -2.38. The van der Waals surface area contributed by atoms with Gasteiger partial charge in [-0.05, 0) is 69.2 Å². The molecule has 3 rings (SSSR count). The van der Waals surface area contributed by atoms with E-state index in [-0.39, 0.29) is 24.6 Å². The molecule has 0 unspecified atom stereocenters. The largest absolute Gasteiger partial charge is 1.00 e. The van der Waals surface area contributed by atoms with Crippen molar-refractivity contribution in [3.05, 3.63) is 24.3 Å². The Morgan fingerprint density at radius 1 is 1.00 bits per heavy atom. The first-order chi connectivity index (χ1) is 14.3. The van der Waals surface area contributed by atoms with Gasteiger partial charge in [0.25, 0.3) is 0 Å². The first-order valence-corrected chi connectivity index (χ1v) is 11.8. The number of hydrogen-bond acceptors (Lipinski definition) is 3. The van der Waals surface area contributed by atoms with Gasteiger partial charge in [-0.15, -0.1) is 0 Å².